The second-order valence-corrected chi connectivity index (χ2v) is 6.35. The number of nitrogens with zero attached hydrogens (tertiary/aromatic N) is 7. The van der Waals surface area contributed by atoms with Crippen molar-refractivity contribution in [3.63, 3.8) is 0 Å². The van der Waals surface area contributed by atoms with Gasteiger partial charge in [0.05, 0.1) is 25.1 Å². The highest BCUT2D eigenvalue weighted by atomic mass is 16.5. The molecule has 9 nitrogen and oxygen atoms in total. The largest absolute Gasteiger partial charge is 0.378 e. The lowest BCUT2D eigenvalue weighted by atomic mass is 10.2. The molecule has 0 unspecified atom stereocenters. The van der Waals surface area contributed by atoms with E-state index in [9.17, 15) is 0 Å². The Hall–Kier alpha value is -3.59. The molecule has 140 valence electrons. The van der Waals surface area contributed by atoms with Crippen LogP contribution in [0.15, 0.2) is 55.2 Å². The third-order valence-electron chi connectivity index (χ3n) is 4.53. The average Bonchev–Trinajstić information content (AvgIpc) is 3.18. The van der Waals surface area contributed by atoms with Gasteiger partial charge in [-0.15, -0.1) is 5.10 Å². The molecule has 0 bridgehead atoms. The smallest absolute Gasteiger partial charge is 0.247 e. The van der Waals surface area contributed by atoms with E-state index in [-0.39, 0.29) is 0 Å². The van der Waals surface area contributed by atoms with Gasteiger partial charge in [0.25, 0.3) is 0 Å². The fraction of sp³-hybridized carbons (Fsp3) is 0.211. The van der Waals surface area contributed by atoms with Crippen LogP contribution in [0.4, 0.5) is 17.5 Å². The standard InChI is InChI=1S/C19H18N8O/c1-2-14(12-20-5-1)17-18-24-19(25-27(18)7-6-21-17)23-15-3-4-16(22-13-15)26-8-10-28-11-9-26/h1-7,12-13H,8-11H2,(H,23,25). The highest BCUT2D eigenvalue weighted by Gasteiger charge is 2.13. The molecule has 0 aromatic carbocycles. The molecule has 1 N–H and O–H groups in total. The highest BCUT2D eigenvalue weighted by Crippen LogP contribution is 2.22. The zero-order valence-corrected chi connectivity index (χ0v) is 15.1. The summed E-state index contributed by atoms with van der Waals surface area (Å²) < 4.78 is 7.09. The Morgan fingerprint density at radius 3 is 2.71 bits per heavy atom. The fourth-order valence-electron chi connectivity index (χ4n) is 3.15. The zero-order valence-electron chi connectivity index (χ0n) is 15.1. The summed E-state index contributed by atoms with van der Waals surface area (Å²) >= 11 is 0. The second kappa shape index (κ2) is 7.20. The van der Waals surface area contributed by atoms with E-state index in [0.717, 1.165) is 49.1 Å². The van der Waals surface area contributed by atoms with E-state index in [1.807, 2.05) is 24.3 Å². The Labute approximate surface area is 161 Å². The molecule has 1 aliphatic rings. The van der Waals surface area contributed by atoms with Crippen LogP contribution < -0.4 is 10.2 Å². The zero-order chi connectivity index (χ0) is 18.8. The lowest BCUT2D eigenvalue weighted by Gasteiger charge is -2.27. The molecule has 0 spiro atoms. The molecular weight excluding hydrogens is 356 g/mol. The van der Waals surface area contributed by atoms with Crippen molar-refractivity contribution < 1.29 is 4.74 Å². The van der Waals surface area contributed by atoms with Gasteiger partial charge in [-0.25, -0.2) is 9.50 Å². The molecule has 0 amide bonds. The summed E-state index contributed by atoms with van der Waals surface area (Å²) in [5, 5.41) is 7.70. The quantitative estimate of drug-likeness (QED) is 0.581. The molecule has 9 heteroatoms. The van der Waals surface area contributed by atoms with Crippen LogP contribution in [0.5, 0.6) is 0 Å². The number of morpholine rings is 1. The van der Waals surface area contributed by atoms with Crippen molar-refractivity contribution in [1.82, 2.24) is 29.5 Å². The van der Waals surface area contributed by atoms with Crippen molar-refractivity contribution in [3.05, 3.63) is 55.2 Å². The molecule has 28 heavy (non-hydrogen) atoms. The number of hydrogen-bond donors (Lipinski definition) is 1. The van der Waals surface area contributed by atoms with Crippen LogP contribution in [-0.4, -0.2) is 55.9 Å². The number of fused-ring (bicyclic) bond motifs is 1. The van der Waals surface area contributed by atoms with E-state index < -0.39 is 0 Å². The normalized spacial score (nSPS) is 14.4. The monoisotopic (exact) mass is 374 g/mol. The summed E-state index contributed by atoms with van der Waals surface area (Å²) in [7, 11) is 0. The Bertz CT molecular complexity index is 1070. The van der Waals surface area contributed by atoms with Crippen molar-refractivity contribution in [1.29, 1.82) is 0 Å². The first-order chi connectivity index (χ1) is 13.9. The molecule has 0 atom stereocenters. The van der Waals surface area contributed by atoms with Gasteiger partial charge in [0.1, 0.15) is 11.5 Å². The van der Waals surface area contributed by atoms with Crippen LogP contribution in [-0.2, 0) is 4.74 Å². The summed E-state index contributed by atoms with van der Waals surface area (Å²) in [6.45, 7) is 3.19. The van der Waals surface area contributed by atoms with Crippen LogP contribution in [0.2, 0.25) is 0 Å². The van der Waals surface area contributed by atoms with Crippen molar-refractivity contribution >= 4 is 23.1 Å². The number of rotatable bonds is 4. The van der Waals surface area contributed by atoms with Crippen molar-refractivity contribution in [2.45, 2.75) is 0 Å². The van der Waals surface area contributed by atoms with Crippen LogP contribution >= 0.6 is 0 Å². The van der Waals surface area contributed by atoms with Crippen molar-refractivity contribution in [2.75, 3.05) is 36.5 Å². The van der Waals surface area contributed by atoms with E-state index in [4.69, 9.17) is 4.74 Å². The van der Waals surface area contributed by atoms with Gasteiger partial charge < -0.3 is 15.0 Å². The minimum atomic E-state index is 0.485. The maximum Gasteiger partial charge on any atom is 0.247 e. The Balaban J connectivity index is 1.40. The summed E-state index contributed by atoms with van der Waals surface area (Å²) in [6.07, 6.45) is 8.75. The lowest BCUT2D eigenvalue weighted by Crippen LogP contribution is -2.36. The Morgan fingerprint density at radius 1 is 1.00 bits per heavy atom. The van der Waals surface area contributed by atoms with Gasteiger partial charge in [-0.3, -0.25) is 9.97 Å². The van der Waals surface area contributed by atoms with E-state index >= 15 is 0 Å². The van der Waals surface area contributed by atoms with E-state index in [1.54, 1.807) is 35.5 Å². The molecule has 1 fully saturated rings. The van der Waals surface area contributed by atoms with Gasteiger partial charge in [0, 0.05) is 43.4 Å². The van der Waals surface area contributed by atoms with Crippen molar-refractivity contribution in [2.24, 2.45) is 0 Å². The molecule has 1 aliphatic heterocycles. The van der Waals surface area contributed by atoms with Crippen LogP contribution in [0.25, 0.3) is 16.9 Å². The van der Waals surface area contributed by atoms with Crippen LogP contribution in [0, 0.1) is 0 Å². The van der Waals surface area contributed by atoms with E-state index in [2.05, 4.69) is 35.3 Å². The van der Waals surface area contributed by atoms with E-state index in [0.29, 0.717) is 11.6 Å². The predicted molar refractivity (Wildman–Crippen MR) is 105 cm³/mol. The third-order valence-corrected chi connectivity index (χ3v) is 4.53. The maximum absolute atomic E-state index is 5.38. The number of aromatic nitrogens is 6. The molecule has 0 aliphatic carbocycles. The van der Waals surface area contributed by atoms with E-state index in [1.165, 1.54) is 0 Å². The Morgan fingerprint density at radius 2 is 1.93 bits per heavy atom. The molecule has 5 heterocycles. The summed E-state index contributed by atoms with van der Waals surface area (Å²) in [5.41, 5.74) is 3.11. The minimum Gasteiger partial charge on any atom is -0.378 e. The summed E-state index contributed by atoms with van der Waals surface area (Å²) in [5.74, 6) is 1.43. The topological polar surface area (TPSA) is 93.4 Å². The summed E-state index contributed by atoms with van der Waals surface area (Å²) in [4.78, 5) is 19.9. The van der Waals surface area contributed by atoms with Gasteiger partial charge in [-0.05, 0) is 24.3 Å². The van der Waals surface area contributed by atoms with Gasteiger partial charge in [0.15, 0.2) is 5.65 Å². The average molecular weight is 374 g/mol. The first kappa shape index (κ1) is 16.6. The fourth-order valence-corrected chi connectivity index (χ4v) is 3.15. The molecule has 1 saturated heterocycles. The SMILES string of the molecule is c1cncc(-c2nccn3nc(Nc4ccc(N5CCOCC5)nc4)nc23)c1. The molecule has 4 aromatic rings. The van der Waals surface area contributed by atoms with Gasteiger partial charge in [0.2, 0.25) is 5.95 Å². The molecule has 0 radical (unpaired) electrons. The number of nitrogens with one attached hydrogen (secondary N) is 1. The van der Waals surface area contributed by atoms with Gasteiger partial charge in [-0.1, -0.05) is 0 Å². The lowest BCUT2D eigenvalue weighted by molar-refractivity contribution is 0.122. The minimum absolute atomic E-state index is 0.485. The molecule has 0 saturated carbocycles. The summed E-state index contributed by atoms with van der Waals surface area (Å²) in [6, 6.07) is 7.79. The van der Waals surface area contributed by atoms with Gasteiger partial charge >= 0.3 is 0 Å². The first-order valence-electron chi connectivity index (χ1n) is 9.04. The van der Waals surface area contributed by atoms with Crippen LogP contribution in [0.3, 0.4) is 0 Å². The number of anilines is 3. The van der Waals surface area contributed by atoms with Crippen molar-refractivity contribution in [3.8, 4) is 11.3 Å². The predicted octanol–water partition coefficient (Wildman–Crippen LogP) is 2.16. The van der Waals surface area contributed by atoms with Crippen LogP contribution in [0.1, 0.15) is 0 Å². The maximum atomic E-state index is 5.38. The number of pyridine rings is 2. The highest BCUT2D eigenvalue weighted by molar-refractivity contribution is 5.73. The number of ether oxygens (including phenoxy) is 1. The molecule has 5 rings (SSSR count). The second-order valence-electron chi connectivity index (χ2n) is 6.35. The van der Waals surface area contributed by atoms with Gasteiger partial charge in [-0.2, -0.15) is 4.98 Å². The number of hydrogen-bond acceptors (Lipinski definition) is 8. The molecule has 4 aromatic heterocycles. The molecular formula is C19H18N8O. The third kappa shape index (κ3) is 3.23. The Kier molecular flexibility index (Phi) is 4.26. The first-order valence-corrected chi connectivity index (χ1v) is 9.04.